The number of non-ortho nitro benzene ring substituents is 1. The average molecular weight is 390 g/mol. The third-order valence-electron chi connectivity index (χ3n) is 3.81. The lowest BCUT2D eigenvalue weighted by atomic mass is 10.0. The molecule has 0 bridgehead atoms. The molecule has 1 aromatic heterocycles. The lowest BCUT2D eigenvalue weighted by Gasteiger charge is -2.21. The highest BCUT2D eigenvalue weighted by molar-refractivity contribution is 7.12. The van der Waals surface area contributed by atoms with E-state index in [4.69, 9.17) is 0 Å². The van der Waals surface area contributed by atoms with E-state index in [9.17, 15) is 19.7 Å². The lowest BCUT2D eigenvalue weighted by Crippen LogP contribution is -2.50. The maximum atomic E-state index is 12.4. The number of nitrogens with zero attached hydrogens (tertiary/aromatic N) is 1. The SMILES string of the molecule is CC(C)C(NC(=O)c1cccs1)C(=O)NCCNc1ccc([N+](=O)[O-])cc1. The van der Waals surface area contributed by atoms with Gasteiger partial charge in [-0.2, -0.15) is 0 Å². The molecule has 2 rings (SSSR count). The maximum Gasteiger partial charge on any atom is 0.269 e. The van der Waals surface area contributed by atoms with Gasteiger partial charge in [0.15, 0.2) is 0 Å². The standard InChI is InChI=1S/C18H22N4O4S/c1-12(2)16(21-17(23)15-4-3-11-27-15)18(24)20-10-9-19-13-5-7-14(8-6-13)22(25)26/h3-8,11-12,16,19H,9-10H2,1-2H3,(H,20,24)(H,21,23). The van der Waals surface area contributed by atoms with Crippen LogP contribution in [0.15, 0.2) is 41.8 Å². The van der Waals surface area contributed by atoms with Crippen LogP contribution in [-0.4, -0.2) is 35.9 Å². The van der Waals surface area contributed by atoms with E-state index in [1.54, 1.807) is 24.3 Å². The first-order chi connectivity index (χ1) is 12.9. The van der Waals surface area contributed by atoms with Crippen LogP contribution in [0, 0.1) is 16.0 Å². The molecule has 8 nitrogen and oxygen atoms in total. The molecule has 0 saturated carbocycles. The number of hydrogen-bond acceptors (Lipinski definition) is 6. The molecule has 0 fully saturated rings. The molecule has 0 saturated heterocycles. The molecule has 27 heavy (non-hydrogen) atoms. The summed E-state index contributed by atoms with van der Waals surface area (Å²) in [5.41, 5.74) is 0.747. The zero-order valence-electron chi connectivity index (χ0n) is 15.1. The summed E-state index contributed by atoms with van der Waals surface area (Å²) in [6.07, 6.45) is 0. The van der Waals surface area contributed by atoms with Crippen molar-refractivity contribution in [1.82, 2.24) is 10.6 Å². The largest absolute Gasteiger partial charge is 0.383 e. The first kappa shape index (κ1) is 20.4. The summed E-state index contributed by atoms with van der Waals surface area (Å²) in [6.45, 7) is 4.54. The van der Waals surface area contributed by atoms with Crippen molar-refractivity contribution < 1.29 is 14.5 Å². The van der Waals surface area contributed by atoms with Gasteiger partial charge >= 0.3 is 0 Å². The third-order valence-corrected chi connectivity index (χ3v) is 4.68. The Morgan fingerprint density at radius 2 is 1.85 bits per heavy atom. The summed E-state index contributed by atoms with van der Waals surface area (Å²) in [7, 11) is 0. The Balaban J connectivity index is 1.79. The Kier molecular flexibility index (Phi) is 7.30. The number of hydrogen-bond donors (Lipinski definition) is 3. The molecule has 2 amide bonds. The predicted octanol–water partition coefficient (Wildman–Crippen LogP) is 2.64. The summed E-state index contributed by atoms with van der Waals surface area (Å²) < 4.78 is 0. The number of nitro groups is 1. The fourth-order valence-corrected chi connectivity index (χ4v) is 2.99. The van der Waals surface area contributed by atoms with Gasteiger partial charge in [0.05, 0.1) is 9.80 Å². The van der Waals surface area contributed by atoms with E-state index >= 15 is 0 Å². The number of thiophene rings is 1. The summed E-state index contributed by atoms with van der Waals surface area (Å²) in [5.74, 6) is -0.570. The monoisotopic (exact) mass is 390 g/mol. The number of carbonyl (C=O) groups is 2. The summed E-state index contributed by atoms with van der Waals surface area (Å²) in [5, 5.41) is 21.1. The molecule has 9 heteroatoms. The minimum Gasteiger partial charge on any atom is -0.383 e. The lowest BCUT2D eigenvalue weighted by molar-refractivity contribution is -0.384. The van der Waals surface area contributed by atoms with Crippen LogP contribution in [0.2, 0.25) is 0 Å². The van der Waals surface area contributed by atoms with Gasteiger partial charge in [0.25, 0.3) is 11.6 Å². The van der Waals surface area contributed by atoms with Gasteiger partial charge in [0, 0.05) is 30.9 Å². The topological polar surface area (TPSA) is 113 Å². The molecular formula is C18H22N4O4S. The second kappa shape index (κ2) is 9.67. The highest BCUT2D eigenvalue weighted by Crippen LogP contribution is 2.15. The van der Waals surface area contributed by atoms with Gasteiger partial charge in [-0.3, -0.25) is 19.7 Å². The van der Waals surface area contributed by atoms with Gasteiger partial charge in [-0.1, -0.05) is 19.9 Å². The number of nitrogens with one attached hydrogen (secondary N) is 3. The van der Waals surface area contributed by atoms with Gasteiger partial charge < -0.3 is 16.0 Å². The van der Waals surface area contributed by atoms with Crippen molar-refractivity contribution in [3.05, 3.63) is 56.8 Å². The van der Waals surface area contributed by atoms with Crippen molar-refractivity contribution in [2.45, 2.75) is 19.9 Å². The third kappa shape index (κ3) is 6.07. The number of rotatable bonds is 9. The summed E-state index contributed by atoms with van der Waals surface area (Å²) in [4.78, 5) is 35.3. The summed E-state index contributed by atoms with van der Waals surface area (Å²) in [6, 6.07) is 8.91. The molecule has 0 radical (unpaired) electrons. The van der Waals surface area contributed by atoms with E-state index in [-0.39, 0.29) is 23.4 Å². The first-order valence-electron chi connectivity index (χ1n) is 8.49. The van der Waals surface area contributed by atoms with Crippen LogP contribution < -0.4 is 16.0 Å². The van der Waals surface area contributed by atoms with E-state index in [0.29, 0.717) is 18.0 Å². The van der Waals surface area contributed by atoms with Crippen LogP contribution in [0.1, 0.15) is 23.5 Å². The fraction of sp³-hybridized carbons (Fsp3) is 0.333. The molecule has 1 aromatic carbocycles. The molecule has 144 valence electrons. The second-order valence-corrected chi connectivity index (χ2v) is 7.14. The van der Waals surface area contributed by atoms with Gasteiger partial charge in [-0.25, -0.2) is 0 Å². The minimum atomic E-state index is -0.626. The molecule has 1 atom stereocenters. The zero-order chi connectivity index (χ0) is 19.8. The minimum absolute atomic E-state index is 0.0233. The molecule has 0 spiro atoms. The highest BCUT2D eigenvalue weighted by Gasteiger charge is 2.24. The first-order valence-corrected chi connectivity index (χ1v) is 9.37. The van der Waals surface area contributed by atoms with Crippen LogP contribution in [0.25, 0.3) is 0 Å². The quantitative estimate of drug-likeness (QED) is 0.346. The molecule has 0 aliphatic rings. The number of anilines is 1. The van der Waals surface area contributed by atoms with Crippen molar-refractivity contribution in [1.29, 1.82) is 0 Å². The van der Waals surface area contributed by atoms with Gasteiger partial charge in [-0.15, -0.1) is 11.3 Å². The zero-order valence-corrected chi connectivity index (χ0v) is 15.9. The van der Waals surface area contributed by atoms with Crippen LogP contribution in [0.5, 0.6) is 0 Å². The van der Waals surface area contributed by atoms with Crippen molar-refractivity contribution in [3.63, 3.8) is 0 Å². The fourth-order valence-electron chi connectivity index (χ4n) is 2.36. The van der Waals surface area contributed by atoms with Crippen molar-refractivity contribution in [2.24, 2.45) is 5.92 Å². The number of amides is 2. The molecule has 0 aliphatic heterocycles. The van der Waals surface area contributed by atoms with Crippen LogP contribution in [0.4, 0.5) is 11.4 Å². The van der Waals surface area contributed by atoms with E-state index in [1.807, 2.05) is 19.2 Å². The van der Waals surface area contributed by atoms with Crippen molar-refractivity contribution >= 4 is 34.5 Å². The molecule has 2 aromatic rings. The van der Waals surface area contributed by atoms with E-state index in [1.165, 1.54) is 23.5 Å². The predicted molar refractivity (Wildman–Crippen MR) is 105 cm³/mol. The molecule has 1 unspecified atom stereocenters. The van der Waals surface area contributed by atoms with E-state index in [2.05, 4.69) is 16.0 Å². The average Bonchev–Trinajstić information content (AvgIpc) is 3.18. The molecule has 1 heterocycles. The maximum absolute atomic E-state index is 12.4. The van der Waals surface area contributed by atoms with Crippen LogP contribution in [0.3, 0.4) is 0 Å². The van der Waals surface area contributed by atoms with Crippen molar-refractivity contribution in [3.8, 4) is 0 Å². The van der Waals surface area contributed by atoms with Gasteiger partial charge in [0.1, 0.15) is 6.04 Å². The van der Waals surface area contributed by atoms with Crippen LogP contribution >= 0.6 is 11.3 Å². The second-order valence-electron chi connectivity index (χ2n) is 6.19. The van der Waals surface area contributed by atoms with Crippen molar-refractivity contribution in [2.75, 3.05) is 18.4 Å². The molecule has 3 N–H and O–H groups in total. The number of nitro benzene ring substituents is 1. The Hall–Kier alpha value is -2.94. The smallest absolute Gasteiger partial charge is 0.269 e. The normalized spacial score (nSPS) is 11.7. The Morgan fingerprint density at radius 3 is 2.41 bits per heavy atom. The Morgan fingerprint density at radius 1 is 1.15 bits per heavy atom. The van der Waals surface area contributed by atoms with E-state index in [0.717, 1.165) is 5.69 Å². The van der Waals surface area contributed by atoms with Gasteiger partial charge in [-0.05, 0) is 29.5 Å². The van der Waals surface area contributed by atoms with Crippen LogP contribution in [-0.2, 0) is 4.79 Å². The molecule has 0 aliphatic carbocycles. The Bertz CT molecular complexity index is 775. The highest BCUT2D eigenvalue weighted by atomic mass is 32.1. The number of benzene rings is 1. The molecular weight excluding hydrogens is 368 g/mol. The summed E-state index contributed by atoms with van der Waals surface area (Å²) >= 11 is 1.32. The Labute approximate surface area is 161 Å². The van der Waals surface area contributed by atoms with E-state index < -0.39 is 11.0 Å². The number of carbonyl (C=O) groups excluding carboxylic acids is 2. The van der Waals surface area contributed by atoms with Gasteiger partial charge in [0.2, 0.25) is 5.91 Å².